The molecule has 0 atom stereocenters. The van der Waals surface area contributed by atoms with Crippen LogP contribution in [0.15, 0.2) is 18.2 Å². The van der Waals surface area contributed by atoms with E-state index in [1.54, 1.807) is 0 Å². The fourth-order valence-corrected chi connectivity index (χ4v) is 3.09. The number of carboxylic acids is 1. The molecule has 1 aliphatic heterocycles. The Hall–Kier alpha value is -1.72. The first kappa shape index (κ1) is 13.3. The zero-order chi connectivity index (χ0) is 14.5. The summed E-state index contributed by atoms with van der Waals surface area (Å²) < 4.78 is 37.9. The lowest BCUT2D eigenvalue weighted by Gasteiger charge is -2.57. The Labute approximate surface area is 114 Å². The predicted molar refractivity (Wildman–Crippen MR) is 66.9 cm³/mol. The molecule has 2 fully saturated rings. The fourth-order valence-electron chi connectivity index (χ4n) is 3.09. The van der Waals surface area contributed by atoms with E-state index in [0.29, 0.717) is 11.1 Å². The Kier molecular flexibility index (Phi) is 2.74. The minimum atomic E-state index is -4.52. The van der Waals surface area contributed by atoms with E-state index >= 15 is 0 Å². The third-order valence-electron chi connectivity index (χ3n) is 4.36. The molecule has 0 bridgehead atoms. The number of benzene rings is 1. The summed E-state index contributed by atoms with van der Waals surface area (Å²) >= 11 is 0. The van der Waals surface area contributed by atoms with Gasteiger partial charge in [0, 0.05) is 18.5 Å². The van der Waals surface area contributed by atoms with Crippen molar-refractivity contribution >= 4 is 11.7 Å². The molecule has 0 amide bonds. The van der Waals surface area contributed by atoms with E-state index < -0.39 is 17.7 Å². The van der Waals surface area contributed by atoms with Crippen molar-refractivity contribution in [2.24, 2.45) is 5.41 Å². The van der Waals surface area contributed by atoms with Gasteiger partial charge in [-0.1, -0.05) is 6.42 Å². The third kappa shape index (κ3) is 2.03. The molecule has 6 heteroatoms. The molecule has 0 aromatic heterocycles. The third-order valence-corrected chi connectivity index (χ3v) is 4.36. The molecule has 3 nitrogen and oxygen atoms in total. The van der Waals surface area contributed by atoms with Gasteiger partial charge >= 0.3 is 12.1 Å². The van der Waals surface area contributed by atoms with Crippen molar-refractivity contribution < 1.29 is 23.1 Å². The van der Waals surface area contributed by atoms with Crippen LogP contribution in [0.5, 0.6) is 0 Å². The number of carboxylic acid groups (broad SMARTS) is 1. The summed E-state index contributed by atoms with van der Waals surface area (Å²) in [4.78, 5) is 13.1. The Bertz CT molecular complexity index is 556. The number of anilines is 1. The van der Waals surface area contributed by atoms with Crippen molar-refractivity contribution in [3.8, 4) is 0 Å². The van der Waals surface area contributed by atoms with Gasteiger partial charge in [-0.25, -0.2) is 4.79 Å². The molecule has 1 spiro atoms. The van der Waals surface area contributed by atoms with E-state index in [4.69, 9.17) is 5.11 Å². The molecule has 108 valence electrons. The van der Waals surface area contributed by atoms with Crippen LogP contribution in [-0.2, 0) is 6.18 Å². The molecular formula is C14H14F3NO2. The van der Waals surface area contributed by atoms with Gasteiger partial charge in [0.25, 0.3) is 0 Å². The second-order valence-corrected chi connectivity index (χ2v) is 5.74. The van der Waals surface area contributed by atoms with Gasteiger partial charge < -0.3 is 10.0 Å². The Balaban J connectivity index is 1.89. The summed E-state index contributed by atoms with van der Waals surface area (Å²) in [5.41, 5.74) is -0.507. The molecule has 1 aromatic carbocycles. The SMILES string of the molecule is O=C(O)c1cc(C(F)(F)F)ccc1N1CC2(CCC2)C1. The maximum atomic E-state index is 12.6. The molecule has 1 aromatic rings. The lowest BCUT2D eigenvalue weighted by Crippen LogP contribution is -2.60. The molecular weight excluding hydrogens is 271 g/mol. The Morgan fingerprint density at radius 3 is 2.35 bits per heavy atom. The summed E-state index contributed by atoms with van der Waals surface area (Å²) in [5.74, 6) is -1.32. The number of hydrogen-bond acceptors (Lipinski definition) is 2. The first-order valence-corrected chi connectivity index (χ1v) is 6.50. The highest BCUT2D eigenvalue weighted by molar-refractivity contribution is 5.95. The van der Waals surface area contributed by atoms with E-state index in [1.165, 1.54) is 12.5 Å². The monoisotopic (exact) mass is 285 g/mol. The quantitative estimate of drug-likeness (QED) is 0.905. The van der Waals surface area contributed by atoms with Gasteiger partial charge in [0.05, 0.1) is 16.8 Å². The molecule has 0 radical (unpaired) electrons. The summed E-state index contributed by atoms with van der Waals surface area (Å²) in [6.45, 7) is 1.50. The van der Waals surface area contributed by atoms with Gasteiger partial charge in [0.1, 0.15) is 0 Å². The number of alkyl halides is 3. The maximum absolute atomic E-state index is 12.6. The average molecular weight is 285 g/mol. The lowest BCUT2D eigenvalue weighted by molar-refractivity contribution is -0.137. The second kappa shape index (κ2) is 4.14. The fraction of sp³-hybridized carbons (Fsp3) is 0.500. The number of halogens is 3. The topological polar surface area (TPSA) is 40.5 Å². The van der Waals surface area contributed by atoms with Gasteiger partial charge in [-0.05, 0) is 31.0 Å². The molecule has 1 aliphatic carbocycles. The van der Waals surface area contributed by atoms with Gasteiger partial charge in [-0.15, -0.1) is 0 Å². The zero-order valence-corrected chi connectivity index (χ0v) is 10.7. The first-order valence-electron chi connectivity index (χ1n) is 6.50. The van der Waals surface area contributed by atoms with Crippen LogP contribution < -0.4 is 4.90 Å². The first-order chi connectivity index (χ1) is 9.31. The number of rotatable bonds is 2. The number of carbonyl (C=O) groups is 1. The van der Waals surface area contributed by atoms with Crippen LogP contribution in [0.4, 0.5) is 18.9 Å². The van der Waals surface area contributed by atoms with E-state index in [0.717, 1.165) is 38.1 Å². The minimum Gasteiger partial charge on any atom is -0.478 e. The highest BCUT2D eigenvalue weighted by atomic mass is 19.4. The van der Waals surface area contributed by atoms with E-state index in [1.807, 2.05) is 4.90 Å². The zero-order valence-electron chi connectivity index (χ0n) is 10.7. The maximum Gasteiger partial charge on any atom is 0.416 e. The van der Waals surface area contributed by atoms with E-state index in [9.17, 15) is 18.0 Å². The van der Waals surface area contributed by atoms with E-state index in [2.05, 4.69) is 0 Å². The van der Waals surface area contributed by atoms with E-state index in [-0.39, 0.29) is 5.56 Å². The van der Waals surface area contributed by atoms with Crippen LogP contribution in [0.25, 0.3) is 0 Å². The van der Waals surface area contributed by atoms with Gasteiger partial charge in [-0.3, -0.25) is 0 Å². The molecule has 1 N–H and O–H groups in total. The number of hydrogen-bond donors (Lipinski definition) is 1. The standard InChI is InChI=1S/C14H14F3NO2/c15-14(16,17)9-2-3-11(10(6-9)12(19)20)18-7-13(8-18)4-1-5-13/h2-3,6H,1,4-5,7-8H2,(H,19,20). The predicted octanol–water partition coefficient (Wildman–Crippen LogP) is 3.39. The average Bonchev–Trinajstić information content (AvgIpc) is 2.23. The molecule has 1 saturated carbocycles. The van der Waals surface area contributed by atoms with Crippen LogP contribution in [0.1, 0.15) is 35.2 Å². The summed E-state index contributed by atoms with van der Waals surface area (Å²) in [6, 6.07) is 2.95. The van der Waals surface area contributed by atoms with Crippen LogP contribution in [0.3, 0.4) is 0 Å². The highest BCUT2D eigenvalue weighted by Gasteiger charge is 2.48. The number of nitrogens with zero attached hydrogens (tertiary/aromatic N) is 1. The molecule has 1 saturated heterocycles. The Morgan fingerprint density at radius 2 is 1.90 bits per heavy atom. The van der Waals surface area contributed by atoms with Crippen molar-refractivity contribution in [2.45, 2.75) is 25.4 Å². The molecule has 20 heavy (non-hydrogen) atoms. The Morgan fingerprint density at radius 1 is 1.25 bits per heavy atom. The molecule has 0 unspecified atom stereocenters. The molecule has 3 rings (SSSR count). The minimum absolute atomic E-state index is 0.269. The van der Waals surface area contributed by atoms with Crippen molar-refractivity contribution in [1.29, 1.82) is 0 Å². The van der Waals surface area contributed by atoms with Gasteiger partial charge in [0.2, 0.25) is 0 Å². The largest absolute Gasteiger partial charge is 0.478 e. The van der Waals surface area contributed by atoms with Crippen molar-refractivity contribution in [3.63, 3.8) is 0 Å². The van der Waals surface area contributed by atoms with Crippen LogP contribution in [-0.4, -0.2) is 24.2 Å². The van der Waals surface area contributed by atoms with Crippen LogP contribution in [0.2, 0.25) is 0 Å². The normalized spacial score (nSPS) is 20.4. The summed E-state index contributed by atoms with van der Waals surface area (Å²) in [5, 5.41) is 9.13. The van der Waals surface area contributed by atoms with Gasteiger partial charge in [-0.2, -0.15) is 13.2 Å². The second-order valence-electron chi connectivity index (χ2n) is 5.74. The van der Waals surface area contributed by atoms with Crippen molar-refractivity contribution in [3.05, 3.63) is 29.3 Å². The summed E-state index contributed by atoms with van der Waals surface area (Å²) in [6.07, 6.45) is -1.07. The molecule has 2 aliphatic rings. The number of aromatic carboxylic acids is 1. The smallest absolute Gasteiger partial charge is 0.416 e. The van der Waals surface area contributed by atoms with Crippen molar-refractivity contribution in [1.82, 2.24) is 0 Å². The van der Waals surface area contributed by atoms with Crippen molar-refractivity contribution in [2.75, 3.05) is 18.0 Å². The molecule has 1 heterocycles. The van der Waals surface area contributed by atoms with Crippen LogP contribution in [0, 0.1) is 5.41 Å². The summed E-state index contributed by atoms with van der Waals surface area (Å²) in [7, 11) is 0. The highest BCUT2D eigenvalue weighted by Crippen LogP contribution is 2.50. The van der Waals surface area contributed by atoms with Crippen LogP contribution >= 0.6 is 0 Å². The lowest BCUT2D eigenvalue weighted by atomic mass is 9.63. The van der Waals surface area contributed by atoms with Gasteiger partial charge in [0.15, 0.2) is 0 Å².